The molecule has 0 radical (unpaired) electrons. The van der Waals surface area contributed by atoms with Crippen LogP contribution in [0, 0.1) is 5.82 Å². The van der Waals surface area contributed by atoms with E-state index in [1.54, 1.807) is 6.07 Å². The minimum Gasteiger partial charge on any atom is -0.481 e. The van der Waals surface area contributed by atoms with Crippen molar-refractivity contribution < 1.29 is 14.3 Å². The highest BCUT2D eigenvalue weighted by Crippen LogP contribution is 2.24. The summed E-state index contributed by atoms with van der Waals surface area (Å²) in [5.41, 5.74) is 1.82. The third-order valence-corrected chi connectivity index (χ3v) is 2.50. The molecule has 82 valence electrons. The first kappa shape index (κ1) is 11.7. The van der Waals surface area contributed by atoms with Crippen LogP contribution < -0.4 is 0 Å². The molecular formula is C12H15FO2. The van der Waals surface area contributed by atoms with Gasteiger partial charge in [0.05, 0.1) is 6.42 Å². The van der Waals surface area contributed by atoms with Crippen LogP contribution in [0.3, 0.4) is 0 Å². The molecule has 0 aliphatic heterocycles. The Morgan fingerprint density at radius 1 is 1.53 bits per heavy atom. The van der Waals surface area contributed by atoms with Crippen molar-refractivity contribution in [2.75, 3.05) is 0 Å². The Labute approximate surface area is 88.7 Å². The highest BCUT2D eigenvalue weighted by Gasteiger charge is 2.13. The second kappa shape index (κ2) is 4.91. The lowest BCUT2D eigenvalue weighted by molar-refractivity contribution is -0.137. The smallest absolute Gasteiger partial charge is 0.303 e. The van der Waals surface area contributed by atoms with Crippen molar-refractivity contribution in [3.63, 3.8) is 0 Å². The van der Waals surface area contributed by atoms with Crippen LogP contribution in [0.25, 0.3) is 0 Å². The van der Waals surface area contributed by atoms with Gasteiger partial charge in [-0.1, -0.05) is 19.9 Å². The molecule has 0 aromatic heterocycles. The number of carbonyl (C=O) groups is 1. The van der Waals surface area contributed by atoms with Gasteiger partial charge in [0.25, 0.3) is 0 Å². The maximum atomic E-state index is 13.0. The molecule has 0 fully saturated rings. The zero-order valence-electron chi connectivity index (χ0n) is 8.96. The Morgan fingerprint density at radius 2 is 2.20 bits per heavy atom. The van der Waals surface area contributed by atoms with Gasteiger partial charge in [0.15, 0.2) is 0 Å². The molecule has 1 rings (SSSR count). The van der Waals surface area contributed by atoms with Crippen molar-refractivity contribution in [3.05, 3.63) is 35.1 Å². The molecule has 0 bridgehead atoms. The maximum Gasteiger partial charge on any atom is 0.303 e. The Balaban J connectivity index is 2.99. The van der Waals surface area contributed by atoms with Crippen LogP contribution in [-0.2, 0) is 11.2 Å². The van der Waals surface area contributed by atoms with Gasteiger partial charge in [0.2, 0.25) is 0 Å². The highest BCUT2D eigenvalue weighted by molar-refractivity contribution is 5.68. The second-order valence-electron chi connectivity index (χ2n) is 3.70. The summed E-state index contributed by atoms with van der Waals surface area (Å²) in [4.78, 5) is 10.6. The molecule has 2 nitrogen and oxygen atoms in total. The monoisotopic (exact) mass is 210 g/mol. The van der Waals surface area contributed by atoms with Gasteiger partial charge < -0.3 is 5.11 Å². The molecule has 0 aliphatic rings. The van der Waals surface area contributed by atoms with Crippen LogP contribution in [0.2, 0.25) is 0 Å². The molecule has 0 aliphatic carbocycles. The molecule has 1 atom stereocenters. The molecule has 0 saturated carbocycles. The van der Waals surface area contributed by atoms with E-state index in [9.17, 15) is 9.18 Å². The van der Waals surface area contributed by atoms with E-state index in [2.05, 4.69) is 0 Å². The number of rotatable bonds is 4. The average molecular weight is 210 g/mol. The summed E-state index contributed by atoms with van der Waals surface area (Å²) in [5.74, 6) is -1.30. The number of aryl methyl sites for hydroxylation is 1. The zero-order chi connectivity index (χ0) is 11.4. The van der Waals surface area contributed by atoms with E-state index in [-0.39, 0.29) is 18.2 Å². The maximum absolute atomic E-state index is 13.0. The Kier molecular flexibility index (Phi) is 3.83. The van der Waals surface area contributed by atoms with Crippen LogP contribution in [0.15, 0.2) is 18.2 Å². The highest BCUT2D eigenvalue weighted by atomic mass is 19.1. The van der Waals surface area contributed by atoms with Crippen molar-refractivity contribution in [2.24, 2.45) is 0 Å². The molecule has 1 N–H and O–H groups in total. The van der Waals surface area contributed by atoms with Crippen LogP contribution >= 0.6 is 0 Å². The third kappa shape index (κ3) is 3.05. The first-order valence-electron chi connectivity index (χ1n) is 5.04. The van der Waals surface area contributed by atoms with E-state index in [0.29, 0.717) is 0 Å². The third-order valence-electron chi connectivity index (χ3n) is 2.50. The number of aliphatic carboxylic acids is 1. The number of carboxylic acid groups (broad SMARTS) is 1. The summed E-state index contributed by atoms with van der Waals surface area (Å²) < 4.78 is 13.0. The SMILES string of the molecule is CCc1ccc(F)cc1C(C)CC(=O)O. The Hall–Kier alpha value is -1.38. The number of hydrogen-bond acceptors (Lipinski definition) is 1. The quantitative estimate of drug-likeness (QED) is 0.829. The first-order chi connectivity index (χ1) is 7.04. The normalized spacial score (nSPS) is 12.5. The van der Waals surface area contributed by atoms with Gasteiger partial charge >= 0.3 is 5.97 Å². The molecule has 3 heteroatoms. The van der Waals surface area contributed by atoms with E-state index >= 15 is 0 Å². The van der Waals surface area contributed by atoms with Crippen molar-refractivity contribution in [2.45, 2.75) is 32.6 Å². The van der Waals surface area contributed by atoms with E-state index in [0.717, 1.165) is 17.5 Å². The summed E-state index contributed by atoms with van der Waals surface area (Å²) in [6, 6.07) is 4.57. The molecule has 1 unspecified atom stereocenters. The fourth-order valence-electron chi connectivity index (χ4n) is 1.72. The van der Waals surface area contributed by atoms with Gasteiger partial charge in [0, 0.05) is 0 Å². The summed E-state index contributed by atoms with van der Waals surface area (Å²) in [7, 11) is 0. The van der Waals surface area contributed by atoms with Crippen molar-refractivity contribution in [1.29, 1.82) is 0 Å². The van der Waals surface area contributed by atoms with Crippen LogP contribution in [0.1, 0.15) is 37.3 Å². The molecule has 1 aromatic rings. The van der Waals surface area contributed by atoms with Crippen molar-refractivity contribution in [3.8, 4) is 0 Å². The predicted molar refractivity (Wildman–Crippen MR) is 56.4 cm³/mol. The zero-order valence-corrected chi connectivity index (χ0v) is 8.96. The van der Waals surface area contributed by atoms with Gasteiger partial charge in [-0.3, -0.25) is 4.79 Å². The van der Waals surface area contributed by atoms with E-state index < -0.39 is 5.97 Å². The molecule has 0 spiro atoms. The summed E-state index contributed by atoms with van der Waals surface area (Å²) in [6.07, 6.45) is 0.829. The average Bonchev–Trinajstić information content (AvgIpc) is 2.16. The van der Waals surface area contributed by atoms with Crippen molar-refractivity contribution >= 4 is 5.97 Å². The number of halogens is 1. The minimum atomic E-state index is -0.853. The van der Waals surface area contributed by atoms with Crippen LogP contribution in [0.5, 0.6) is 0 Å². The fraction of sp³-hybridized carbons (Fsp3) is 0.417. The number of benzene rings is 1. The standard InChI is InChI=1S/C12H15FO2/c1-3-9-4-5-10(13)7-11(9)8(2)6-12(14)15/h4-5,7-8H,3,6H2,1-2H3,(H,14,15). The van der Waals surface area contributed by atoms with E-state index in [1.165, 1.54) is 12.1 Å². The van der Waals surface area contributed by atoms with Gasteiger partial charge in [-0.2, -0.15) is 0 Å². The molecule has 1 aromatic carbocycles. The largest absolute Gasteiger partial charge is 0.481 e. The van der Waals surface area contributed by atoms with Crippen LogP contribution in [-0.4, -0.2) is 11.1 Å². The molecule has 0 heterocycles. The first-order valence-corrected chi connectivity index (χ1v) is 5.04. The minimum absolute atomic E-state index is 0.0381. The summed E-state index contributed by atoms with van der Waals surface area (Å²) in [5, 5.41) is 8.68. The van der Waals surface area contributed by atoms with E-state index in [4.69, 9.17) is 5.11 Å². The molecular weight excluding hydrogens is 195 g/mol. The lowest BCUT2D eigenvalue weighted by atomic mass is 9.92. The van der Waals surface area contributed by atoms with Gasteiger partial charge in [-0.05, 0) is 35.6 Å². The van der Waals surface area contributed by atoms with Gasteiger partial charge in [-0.15, -0.1) is 0 Å². The van der Waals surface area contributed by atoms with E-state index in [1.807, 2.05) is 13.8 Å². The molecule has 15 heavy (non-hydrogen) atoms. The second-order valence-corrected chi connectivity index (χ2v) is 3.70. The Bertz CT molecular complexity index is 361. The number of hydrogen-bond donors (Lipinski definition) is 1. The van der Waals surface area contributed by atoms with Gasteiger partial charge in [0.1, 0.15) is 5.82 Å². The van der Waals surface area contributed by atoms with Crippen molar-refractivity contribution in [1.82, 2.24) is 0 Å². The fourth-order valence-corrected chi connectivity index (χ4v) is 1.72. The summed E-state index contributed by atoms with van der Waals surface area (Å²) in [6.45, 7) is 3.78. The Morgan fingerprint density at radius 3 is 2.73 bits per heavy atom. The predicted octanol–water partition coefficient (Wildman–Crippen LogP) is 2.97. The lowest BCUT2D eigenvalue weighted by Crippen LogP contribution is -2.05. The molecule has 0 saturated heterocycles. The lowest BCUT2D eigenvalue weighted by Gasteiger charge is -2.13. The summed E-state index contributed by atoms with van der Waals surface area (Å²) >= 11 is 0. The number of carboxylic acids is 1. The van der Waals surface area contributed by atoms with Crippen LogP contribution in [0.4, 0.5) is 4.39 Å². The van der Waals surface area contributed by atoms with Gasteiger partial charge in [-0.25, -0.2) is 4.39 Å². The molecule has 0 amide bonds. The topological polar surface area (TPSA) is 37.3 Å².